The Balaban J connectivity index is 1.78. The summed E-state index contributed by atoms with van der Waals surface area (Å²) in [6.07, 6.45) is 9.07. The topological polar surface area (TPSA) is 12.0 Å². The summed E-state index contributed by atoms with van der Waals surface area (Å²) in [4.78, 5) is 0. The van der Waals surface area contributed by atoms with Gasteiger partial charge >= 0.3 is 0 Å². The lowest BCUT2D eigenvalue weighted by molar-refractivity contribution is 0.285. The van der Waals surface area contributed by atoms with Gasteiger partial charge in [-0.15, -0.1) is 0 Å². The fourth-order valence-corrected chi connectivity index (χ4v) is 3.19. The molecule has 0 aliphatic carbocycles. The van der Waals surface area contributed by atoms with Gasteiger partial charge in [-0.1, -0.05) is 51.0 Å². The van der Waals surface area contributed by atoms with E-state index in [9.17, 15) is 0 Å². The molecule has 1 N–H and O–H groups in total. The van der Waals surface area contributed by atoms with Crippen molar-refractivity contribution < 1.29 is 0 Å². The fraction of sp³-hybridized carbons (Fsp3) is 0.667. The van der Waals surface area contributed by atoms with E-state index in [-0.39, 0.29) is 0 Å². The molecule has 0 saturated carbocycles. The second-order valence-electron chi connectivity index (χ2n) is 6.05. The van der Waals surface area contributed by atoms with Crippen molar-refractivity contribution in [1.82, 2.24) is 5.32 Å². The molecule has 2 unspecified atom stereocenters. The van der Waals surface area contributed by atoms with Crippen LogP contribution >= 0.6 is 0 Å². The number of hydrogen-bond donors (Lipinski definition) is 1. The van der Waals surface area contributed by atoms with Gasteiger partial charge in [-0.2, -0.15) is 0 Å². The number of rotatable bonds is 6. The molecule has 1 fully saturated rings. The molecular weight excluding hydrogens is 230 g/mol. The van der Waals surface area contributed by atoms with E-state index in [0.717, 1.165) is 12.0 Å². The maximum atomic E-state index is 3.69. The molecule has 106 valence electrons. The van der Waals surface area contributed by atoms with Crippen LogP contribution in [-0.4, -0.2) is 12.6 Å². The third kappa shape index (κ3) is 4.65. The molecule has 1 nitrogen and oxygen atoms in total. The van der Waals surface area contributed by atoms with Crippen LogP contribution in [0.2, 0.25) is 0 Å². The smallest absolute Gasteiger partial charge is 0.00728 e. The monoisotopic (exact) mass is 259 g/mol. The molecule has 1 aliphatic rings. The van der Waals surface area contributed by atoms with Crippen molar-refractivity contribution in [1.29, 1.82) is 0 Å². The molecular formula is C18H29N. The second-order valence-corrected chi connectivity index (χ2v) is 6.05. The van der Waals surface area contributed by atoms with Crippen LogP contribution in [-0.2, 0) is 12.8 Å². The highest BCUT2D eigenvalue weighted by Crippen LogP contribution is 2.22. The molecule has 0 aromatic heterocycles. The van der Waals surface area contributed by atoms with Gasteiger partial charge in [0.25, 0.3) is 0 Å². The first-order valence-electron chi connectivity index (χ1n) is 8.13. The molecule has 0 radical (unpaired) electrons. The zero-order valence-corrected chi connectivity index (χ0v) is 12.6. The Kier molecular flexibility index (Phi) is 5.91. The Morgan fingerprint density at radius 1 is 1.05 bits per heavy atom. The van der Waals surface area contributed by atoms with E-state index in [1.807, 2.05) is 0 Å². The summed E-state index contributed by atoms with van der Waals surface area (Å²) >= 11 is 0. The average molecular weight is 259 g/mol. The minimum Gasteiger partial charge on any atom is -0.314 e. The standard InChI is InChI=1S/C18H29N/c1-3-5-16-6-8-17(9-7-16)10-11-18-14-15(4-2)12-13-19-18/h6-9,15,18-19H,3-5,10-14H2,1-2H3. The van der Waals surface area contributed by atoms with Crippen molar-refractivity contribution in [2.75, 3.05) is 6.54 Å². The largest absolute Gasteiger partial charge is 0.314 e. The van der Waals surface area contributed by atoms with Gasteiger partial charge in [0.15, 0.2) is 0 Å². The van der Waals surface area contributed by atoms with Crippen molar-refractivity contribution in [3.63, 3.8) is 0 Å². The average Bonchev–Trinajstić information content (AvgIpc) is 2.47. The van der Waals surface area contributed by atoms with Crippen LogP contribution in [0, 0.1) is 5.92 Å². The van der Waals surface area contributed by atoms with E-state index in [1.54, 1.807) is 0 Å². The number of piperidine rings is 1. The van der Waals surface area contributed by atoms with Gasteiger partial charge in [0, 0.05) is 6.04 Å². The van der Waals surface area contributed by atoms with Gasteiger partial charge in [0.1, 0.15) is 0 Å². The number of hydrogen-bond acceptors (Lipinski definition) is 1. The summed E-state index contributed by atoms with van der Waals surface area (Å²) in [6, 6.07) is 10.0. The molecule has 2 atom stereocenters. The van der Waals surface area contributed by atoms with Crippen molar-refractivity contribution in [2.45, 2.75) is 64.8 Å². The zero-order valence-electron chi connectivity index (χ0n) is 12.6. The second kappa shape index (κ2) is 7.69. The molecule has 1 heterocycles. The molecule has 1 aromatic rings. The van der Waals surface area contributed by atoms with Crippen LogP contribution < -0.4 is 5.32 Å². The predicted molar refractivity (Wildman–Crippen MR) is 83.6 cm³/mol. The van der Waals surface area contributed by atoms with Crippen LogP contribution in [0.25, 0.3) is 0 Å². The third-order valence-corrected chi connectivity index (χ3v) is 4.52. The quantitative estimate of drug-likeness (QED) is 0.801. The Morgan fingerprint density at radius 3 is 2.37 bits per heavy atom. The highest BCUT2D eigenvalue weighted by atomic mass is 14.9. The summed E-state index contributed by atoms with van der Waals surface area (Å²) in [7, 11) is 0. The lowest BCUT2D eigenvalue weighted by Gasteiger charge is -2.29. The van der Waals surface area contributed by atoms with E-state index in [0.29, 0.717) is 0 Å². The Labute approximate surface area is 118 Å². The van der Waals surface area contributed by atoms with Gasteiger partial charge in [0.05, 0.1) is 0 Å². The van der Waals surface area contributed by atoms with Crippen LogP contribution in [0.15, 0.2) is 24.3 Å². The number of aryl methyl sites for hydroxylation is 2. The van der Waals surface area contributed by atoms with Gasteiger partial charge in [0.2, 0.25) is 0 Å². The summed E-state index contributed by atoms with van der Waals surface area (Å²) < 4.78 is 0. The van der Waals surface area contributed by atoms with Crippen LogP contribution in [0.5, 0.6) is 0 Å². The number of nitrogens with one attached hydrogen (secondary N) is 1. The van der Waals surface area contributed by atoms with Gasteiger partial charge in [-0.25, -0.2) is 0 Å². The fourth-order valence-electron chi connectivity index (χ4n) is 3.19. The van der Waals surface area contributed by atoms with Gasteiger partial charge < -0.3 is 5.32 Å². The Morgan fingerprint density at radius 2 is 1.74 bits per heavy atom. The van der Waals surface area contributed by atoms with Crippen molar-refractivity contribution in [3.8, 4) is 0 Å². The molecule has 1 aromatic carbocycles. The summed E-state index contributed by atoms with van der Waals surface area (Å²) in [5.74, 6) is 0.957. The van der Waals surface area contributed by atoms with E-state index in [1.165, 1.54) is 62.6 Å². The molecule has 1 heteroatoms. The van der Waals surface area contributed by atoms with Crippen LogP contribution in [0.3, 0.4) is 0 Å². The summed E-state index contributed by atoms with van der Waals surface area (Å²) in [5.41, 5.74) is 2.98. The highest BCUT2D eigenvalue weighted by Gasteiger charge is 2.19. The van der Waals surface area contributed by atoms with Crippen LogP contribution in [0.4, 0.5) is 0 Å². The molecule has 1 aliphatic heterocycles. The first-order valence-corrected chi connectivity index (χ1v) is 8.13. The molecule has 1 saturated heterocycles. The molecule has 0 spiro atoms. The minimum absolute atomic E-state index is 0.744. The van der Waals surface area contributed by atoms with Crippen molar-refractivity contribution in [2.24, 2.45) is 5.92 Å². The van der Waals surface area contributed by atoms with E-state index < -0.39 is 0 Å². The normalized spacial score (nSPS) is 23.5. The molecule has 2 rings (SSSR count). The minimum atomic E-state index is 0.744. The Bertz CT molecular complexity index is 354. The maximum absolute atomic E-state index is 3.69. The van der Waals surface area contributed by atoms with Gasteiger partial charge in [-0.3, -0.25) is 0 Å². The lowest BCUT2D eigenvalue weighted by Crippen LogP contribution is -2.38. The summed E-state index contributed by atoms with van der Waals surface area (Å²) in [5, 5.41) is 3.69. The molecule has 0 bridgehead atoms. The van der Waals surface area contributed by atoms with E-state index >= 15 is 0 Å². The van der Waals surface area contributed by atoms with Crippen molar-refractivity contribution in [3.05, 3.63) is 35.4 Å². The lowest BCUT2D eigenvalue weighted by atomic mass is 9.88. The number of benzene rings is 1. The third-order valence-electron chi connectivity index (χ3n) is 4.52. The predicted octanol–water partition coefficient (Wildman–Crippen LogP) is 4.35. The van der Waals surface area contributed by atoms with Gasteiger partial charge in [-0.05, 0) is 55.7 Å². The maximum Gasteiger partial charge on any atom is 0.00728 e. The molecule has 19 heavy (non-hydrogen) atoms. The first kappa shape index (κ1) is 14.6. The van der Waals surface area contributed by atoms with E-state index in [4.69, 9.17) is 0 Å². The zero-order chi connectivity index (χ0) is 13.5. The Hall–Kier alpha value is -0.820. The SMILES string of the molecule is CCCc1ccc(CCC2CC(CC)CCN2)cc1. The highest BCUT2D eigenvalue weighted by molar-refractivity contribution is 5.22. The van der Waals surface area contributed by atoms with Crippen molar-refractivity contribution >= 4 is 0 Å². The molecule has 0 amide bonds. The van der Waals surface area contributed by atoms with E-state index in [2.05, 4.69) is 43.4 Å². The summed E-state index contributed by atoms with van der Waals surface area (Å²) in [6.45, 7) is 5.80. The first-order chi connectivity index (χ1) is 9.31. The van der Waals surface area contributed by atoms with Crippen LogP contribution in [0.1, 0.15) is 57.1 Å².